The van der Waals surface area contributed by atoms with Gasteiger partial charge in [-0.25, -0.2) is 14.6 Å². The summed E-state index contributed by atoms with van der Waals surface area (Å²) in [6.07, 6.45) is 1.07. The fourth-order valence-corrected chi connectivity index (χ4v) is 5.45. The molecule has 1 aliphatic carbocycles. The lowest BCUT2D eigenvalue weighted by Crippen LogP contribution is -2.41. The van der Waals surface area contributed by atoms with Gasteiger partial charge in [0.15, 0.2) is 5.69 Å². The highest BCUT2D eigenvalue weighted by molar-refractivity contribution is 7.11. The maximum absolute atomic E-state index is 12.8. The van der Waals surface area contributed by atoms with E-state index in [0.717, 1.165) is 22.3 Å². The maximum Gasteiger partial charge on any atom is 0.492 e. The third-order valence-corrected chi connectivity index (χ3v) is 8.23. The lowest BCUT2D eigenvalue weighted by Gasteiger charge is -2.32. The summed E-state index contributed by atoms with van der Waals surface area (Å²) in [7, 11) is -0.780. The highest BCUT2D eigenvalue weighted by Crippen LogP contribution is 2.44. The Labute approximate surface area is 225 Å². The predicted molar refractivity (Wildman–Crippen MR) is 146 cm³/mol. The quantitative estimate of drug-likeness (QED) is 0.393. The number of aromatic carboxylic acids is 1. The number of hydrogen-bond donors (Lipinski definition) is 2. The topological polar surface area (TPSA) is 107 Å². The van der Waals surface area contributed by atoms with Crippen LogP contribution < -0.4 is 5.32 Å². The van der Waals surface area contributed by atoms with Crippen LogP contribution in [0.4, 0.5) is 4.79 Å². The Balaban J connectivity index is 1.31. The van der Waals surface area contributed by atoms with Crippen molar-refractivity contribution in [1.29, 1.82) is 0 Å². The van der Waals surface area contributed by atoms with Crippen LogP contribution in [0.2, 0.25) is 0 Å². The van der Waals surface area contributed by atoms with Gasteiger partial charge in [0, 0.05) is 12.5 Å². The molecule has 0 atom stereocenters. The van der Waals surface area contributed by atoms with Crippen LogP contribution in [0.5, 0.6) is 0 Å². The van der Waals surface area contributed by atoms with Gasteiger partial charge in [0.2, 0.25) is 0 Å². The van der Waals surface area contributed by atoms with Gasteiger partial charge in [0.1, 0.15) is 6.61 Å². The maximum atomic E-state index is 12.8. The first-order chi connectivity index (χ1) is 18.1. The van der Waals surface area contributed by atoms with Gasteiger partial charge >= 0.3 is 19.2 Å². The minimum atomic E-state index is -1.13. The van der Waals surface area contributed by atoms with Gasteiger partial charge < -0.3 is 24.5 Å². The minimum Gasteiger partial charge on any atom is -0.476 e. The number of carbonyl (C=O) groups excluding carboxylic acids is 1. The zero-order valence-electron chi connectivity index (χ0n) is 21.7. The summed E-state index contributed by atoms with van der Waals surface area (Å²) in [4.78, 5) is 28.8. The number of aromatic nitrogens is 1. The largest absolute Gasteiger partial charge is 0.492 e. The number of thiazole rings is 1. The van der Waals surface area contributed by atoms with Crippen LogP contribution in [0.25, 0.3) is 17.2 Å². The lowest BCUT2D eigenvalue weighted by molar-refractivity contribution is 0.00578. The standard InChI is InChI=1S/C28H29BN2O6S/c1-27(2)28(3,4)37-29(36-27)17(13-23-24(25(32)33)31-16-38-23)14-30-26(34)35-15-22-20-11-7-5-9-18(20)19-10-6-8-12-21(19)22/h5-13,16,22H,14-15H2,1-4H3,(H,30,34)(H,32,33). The Morgan fingerprint density at radius 3 is 2.21 bits per heavy atom. The molecule has 5 rings (SSSR count). The van der Waals surface area contributed by atoms with Gasteiger partial charge in [-0.15, -0.1) is 11.3 Å². The zero-order chi connectivity index (χ0) is 27.1. The molecule has 3 aromatic rings. The fourth-order valence-electron chi connectivity index (χ4n) is 4.71. The van der Waals surface area contributed by atoms with Crippen LogP contribution in [0.3, 0.4) is 0 Å². The van der Waals surface area contributed by atoms with Crippen molar-refractivity contribution in [2.24, 2.45) is 0 Å². The smallest absolute Gasteiger partial charge is 0.476 e. The van der Waals surface area contributed by atoms with Gasteiger partial charge in [0.05, 0.1) is 21.6 Å². The minimum absolute atomic E-state index is 0.0461. The van der Waals surface area contributed by atoms with Crippen LogP contribution in [0.1, 0.15) is 60.1 Å². The van der Waals surface area contributed by atoms with Crippen LogP contribution in [-0.4, -0.2) is 53.6 Å². The summed E-state index contributed by atoms with van der Waals surface area (Å²) in [5, 5.41) is 12.3. The molecule has 196 valence electrons. The first-order valence-electron chi connectivity index (χ1n) is 12.4. The van der Waals surface area contributed by atoms with Crippen molar-refractivity contribution in [3.8, 4) is 11.1 Å². The predicted octanol–water partition coefficient (Wildman–Crippen LogP) is 5.39. The second-order valence-electron chi connectivity index (χ2n) is 10.4. The molecule has 10 heteroatoms. The van der Waals surface area contributed by atoms with Crippen LogP contribution in [0.15, 0.2) is 59.5 Å². The summed E-state index contributed by atoms with van der Waals surface area (Å²) in [6, 6.07) is 16.3. The zero-order valence-corrected chi connectivity index (χ0v) is 22.5. The van der Waals surface area contributed by atoms with E-state index in [1.807, 2.05) is 52.0 Å². The first kappa shape index (κ1) is 26.2. The van der Waals surface area contributed by atoms with Gasteiger partial charge in [0.25, 0.3) is 0 Å². The van der Waals surface area contributed by atoms with E-state index in [1.54, 1.807) is 6.08 Å². The Kier molecular flexibility index (Phi) is 6.89. The molecule has 2 N–H and O–H groups in total. The molecule has 1 saturated heterocycles. The summed E-state index contributed by atoms with van der Waals surface area (Å²) in [5.41, 5.74) is 5.32. The molecule has 1 fully saturated rings. The first-order valence-corrected chi connectivity index (χ1v) is 13.3. The van der Waals surface area contributed by atoms with Crippen molar-refractivity contribution in [2.75, 3.05) is 13.2 Å². The number of nitrogens with one attached hydrogen (secondary N) is 1. The average molecular weight is 532 g/mol. The number of benzene rings is 2. The third-order valence-electron chi connectivity index (χ3n) is 7.45. The molecule has 1 aliphatic heterocycles. The summed E-state index contributed by atoms with van der Waals surface area (Å²) in [6.45, 7) is 7.95. The number of carboxylic acids is 1. The van der Waals surface area contributed by atoms with Gasteiger partial charge in [-0.05, 0) is 61.5 Å². The van der Waals surface area contributed by atoms with E-state index >= 15 is 0 Å². The number of hydrogen-bond acceptors (Lipinski definition) is 7. The molecule has 0 radical (unpaired) electrons. The monoisotopic (exact) mass is 532 g/mol. The van der Waals surface area contributed by atoms with Gasteiger partial charge in [-0.3, -0.25) is 0 Å². The normalized spacial score (nSPS) is 17.7. The van der Waals surface area contributed by atoms with Crippen molar-refractivity contribution >= 4 is 36.6 Å². The van der Waals surface area contributed by atoms with Crippen LogP contribution in [0, 0.1) is 0 Å². The number of ether oxygens (including phenoxy) is 1. The highest BCUT2D eigenvalue weighted by Gasteiger charge is 2.52. The van der Waals surface area contributed by atoms with Crippen molar-refractivity contribution in [3.05, 3.63) is 81.2 Å². The molecule has 1 aromatic heterocycles. The van der Waals surface area contributed by atoms with Gasteiger partial charge in [-0.2, -0.15) is 0 Å². The van der Waals surface area contributed by atoms with Crippen molar-refractivity contribution in [3.63, 3.8) is 0 Å². The molecule has 0 spiro atoms. The SMILES string of the molecule is CC1(C)OB(C(=Cc2scnc2C(=O)O)CNC(=O)OCC2c3ccccc3-c3ccccc32)OC1(C)C. The van der Waals surface area contributed by atoms with Crippen molar-refractivity contribution in [2.45, 2.75) is 44.8 Å². The van der Waals surface area contributed by atoms with Crippen molar-refractivity contribution < 1.29 is 28.7 Å². The van der Waals surface area contributed by atoms with Crippen molar-refractivity contribution in [1.82, 2.24) is 10.3 Å². The highest BCUT2D eigenvalue weighted by atomic mass is 32.1. The lowest BCUT2D eigenvalue weighted by atomic mass is 9.77. The number of rotatable bonds is 7. The summed E-state index contributed by atoms with van der Waals surface area (Å²) in [5.74, 6) is -1.18. The second kappa shape index (κ2) is 10.0. The molecule has 2 aliphatic rings. The number of amides is 1. The van der Waals surface area contributed by atoms with Crippen LogP contribution >= 0.6 is 11.3 Å². The van der Waals surface area contributed by atoms with E-state index < -0.39 is 30.4 Å². The summed E-state index contributed by atoms with van der Waals surface area (Å²) >= 11 is 1.19. The Bertz CT molecular complexity index is 1350. The number of carboxylic acid groups (broad SMARTS) is 1. The third kappa shape index (κ3) is 4.87. The van der Waals surface area contributed by atoms with E-state index in [0.29, 0.717) is 10.3 Å². The number of carbonyl (C=O) groups is 2. The molecular weight excluding hydrogens is 503 g/mol. The number of nitrogens with zero attached hydrogens (tertiary/aromatic N) is 1. The van der Waals surface area contributed by atoms with E-state index in [4.69, 9.17) is 14.0 Å². The van der Waals surface area contributed by atoms with E-state index in [2.05, 4.69) is 34.6 Å². The van der Waals surface area contributed by atoms with Crippen LogP contribution in [-0.2, 0) is 14.0 Å². The molecule has 0 saturated carbocycles. The average Bonchev–Trinajstić information content (AvgIpc) is 3.53. The van der Waals surface area contributed by atoms with E-state index in [-0.39, 0.29) is 24.8 Å². The number of fused-ring (bicyclic) bond motifs is 3. The molecular formula is C28H29BN2O6S. The molecule has 38 heavy (non-hydrogen) atoms. The molecule has 0 bridgehead atoms. The second-order valence-corrected chi connectivity index (χ2v) is 11.2. The number of alkyl carbamates (subject to hydrolysis) is 1. The van der Waals surface area contributed by atoms with E-state index in [9.17, 15) is 14.7 Å². The van der Waals surface area contributed by atoms with Gasteiger partial charge in [-0.1, -0.05) is 48.5 Å². The molecule has 2 heterocycles. The molecule has 0 unspecified atom stereocenters. The Morgan fingerprint density at radius 1 is 1.05 bits per heavy atom. The Hall–Kier alpha value is -3.47. The fraction of sp³-hybridized carbons (Fsp3) is 0.321. The molecule has 2 aromatic carbocycles. The van der Waals surface area contributed by atoms with E-state index in [1.165, 1.54) is 16.8 Å². The molecule has 1 amide bonds. The Morgan fingerprint density at radius 2 is 1.63 bits per heavy atom. The summed E-state index contributed by atoms with van der Waals surface area (Å²) < 4.78 is 18.0. The molecule has 8 nitrogen and oxygen atoms in total.